The molecule has 5 heteroatoms. The Balaban J connectivity index is 2.25. The number of rotatable bonds is 3. The van der Waals surface area contributed by atoms with Crippen LogP contribution in [0.4, 0.5) is 0 Å². The molecule has 70 valence electrons. The Labute approximate surface area is 80.6 Å². The zero-order valence-corrected chi connectivity index (χ0v) is 8.71. The fraction of sp³-hybridized carbons (Fsp3) is 0.857. The number of amides is 1. The van der Waals surface area contributed by atoms with Crippen molar-refractivity contribution in [1.29, 1.82) is 0 Å². The molecule has 1 aliphatic heterocycles. The molecule has 0 aromatic heterocycles. The molecular formula is C7H14N2OS2. The third kappa shape index (κ3) is 2.88. The van der Waals surface area contributed by atoms with Gasteiger partial charge in [0.1, 0.15) is 0 Å². The predicted octanol–water partition coefficient (Wildman–Crippen LogP) is 0.809. The summed E-state index contributed by atoms with van der Waals surface area (Å²) in [5.74, 6) is -0.126. The molecule has 1 aliphatic rings. The molecule has 0 aromatic carbocycles. The van der Waals surface area contributed by atoms with Crippen molar-refractivity contribution in [3.8, 4) is 0 Å². The second-order valence-electron chi connectivity index (χ2n) is 2.84. The number of nitrogens with one attached hydrogen (secondary N) is 1. The van der Waals surface area contributed by atoms with Crippen LogP contribution in [0.1, 0.15) is 12.8 Å². The third-order valence-corrected chi connectivity index (χ3v) is 4.09. The van der Waals surface area contributed by atoms with Crippen LogP contribution in [0.2, 0.25) is 0 Å². The van der Waals surface area contributed by atoms with Crippen LogP contribution in [-0.4, -0.2) is 24.1 Å². The Morgan fingerprint density at radius 1 is 1.58 bits per heavy atom. The Morgan fingerprint density at radius 2 is 2.33 bits per heavy atom. The summed E-state index contributed by atoms with van der Waals surface area (Å²) < 4.78 is 0. The molecule has 2 unspecified atom stereocenters. The maximum Gasteiger partial charge on any atom is 0.221 e. The molecule has 1 amide bonds. The molecule has 0 aromatic rings. The highest BCUT2D eigenvalue weighted by atomic mass is 33.1. The van der Waals surface area contributed by atoms with E-state index in [1.54, 1.807) is 10.8 Å². The predicted molar refractivity (Wildman–Crippen MR) is 54.8 cm³/mol. The smallest absolute Gasteiger partial charge is 0.221 e. The Bertz CT molecular complexity index is 157. The van der Waals surface area contributed by atoms with Crippen LogP contribution in [0.15, 0.2) is 0 Å². The molecule has 3 N–H and O–H groups in total. The number of hydrogen-bond acceptors (Lipinski definition) is 4. The molecule has 3 nitrogen and oxygen atoms in total. The van der Waals surface area contributed by atoms with Gasteiger partial charge in [-0.05, 0) is 19.1 Å². The Kier molecular flexibility index (Phi) is 4.25. The van der Waals surface area contributed by atoms with Crippen molar-refractivity contribution in [2.45, 2.75) is 18.2 Å². The van der Waals surface area contributed by atoms with E-state index >= 15 is 0 Å². The highest BCUT2D eigenvalue weighted by molar-refractivity contribution is 8.76. The summed E-state index contributed by atoms with van der Waals surface area (Å²) in [6.07, 6.45) is 4.03. The number of piperidine rings is 1. The zero-order chi connectivity index (χ0) is 8.97. The first-order valence-electron chi connectivity index (χ1n) is 3.96. The Hall–Kier alpha value is 0.130. The lowest BCUT2D eigenvalue weighted by Crippen LogP contribution is -2.41. The SMILES string of the molecule is CSSC1CCC(C(N)=O)CN1. The number of hydrogen-bond donors (Lipinski definition) is 2. The van der Waals surface area contributed by atoms with E-state index in [-0.39, 0.29) is 11.8 Å². The first kappa shape index (κ1) is 10.2. The van der Waals surface area contributed by atoms with Crippen molar-refractivity contribution in [2.75, 3.05) is 12.8 Å². The van der Waals surface area contributed by atoms with Gasteiger partial charge in [0, 0.05) is 6.54 Å². The average Bonchev–Trinajstić information content (AvgIpc) is 2.06. The van der Waals surface area contributed by atoms with Crippen LogP contribution in [0.25, 0.3) is 0 Å². The molecule has 1 rings (SSSR count). The van der Waals surface area contributed by atoms with E-state index in [1.165, 1.54) is 0 Å². The van der Waals surface area contributed by atoms with Crippen LogP contribution >= 0.6 is 21.6 Å². The topological polar surface area (TPSA) is 55.1 Å². The second-order valence-corrected chi connectivity index (χ2v) is 5.51. The van der Waals surface area contributed by atoms with Crippen molar-refractivity contribution < 1.29 is 4.79 Å². The van der Waals surface area contributed by atoms with E-state index in [0.29, 0.717) is 5.37 Å². The van der Waals surface area contributed by atoms with E-state index in [2.05, 4.69) is 11.6 Å². The second kappa shape index (κ2) is 4.99. The molecular weight excluding hydrogens is 192 g/mol. The van der Waals surface area contributed by atoms with Gasteiger partial charge < -0.3 is 11.1 Å². The standard InChI is InChI=1S/C7H14N2OS2/c1-11-12-6-3-2-5(4-9-6)7(8)10/h5-6,9H,2-4H2,1H3,(H2,8,10). The van der Waals surface area contributed by atoms with Gasteiger partial charge in [-0.2, -0.15) is 0 Å². The third-order valence-electron chi connectivity index (χ3n) is 1.98. The molecule has 0 spiro atoms. The minimum absolute atomic E-state index is 0.0451. The van der Waals surface area contributed by atoms with Gasteiger partial charge in [-0.25, -0.2) is 0 Å². The molecule has 0 saturated carbocycles. The molecule has 0 aliphatic carbocycles. The summed E-state index contributed by atoms with van der Waals surface area (Å²) in [6.45, 7) is 0.744. The molecule has 1 heterocycles. The summed E-state index contributed by atoms with van der Waals surface area (Å²) in [5, 5.41) is 3.79. The van der Waals surface area contributed by atoms with Gasteiger partial charge in [-0.15, -0.1) is 0 Å². The summed E-state index contributed by atoms with van der Waals surface area (Å²) in [5.41, 5.74) is 5.20. The van der Waals surface area contributed by atoms with Crippen LogP contribution in [0, 0.1) is 5.92 Å². The maximum absolute atomic E-state index is 10.8. The van der Waals surface area contributed by atoms with Crippen LogP contribution in [0.5, 0.6) is 0 Å². The van der Waals surface area contributed by atoms with Gasteiger partial charge in [0.25, 0.3) is 0 Å². The number of nitrogens with two attached hydrogens (primary N) is 1. The van der Waals surface area contributed by atoms with Crippen LogP contribution in [0.3, 0.4) is 0 Å². The lowest BCUT2D eigenvalue weighted by molar-refractivity contribution is -0.122. The summed E-state index contributed by atoms with van der Waals surface area (Å²) >= 11 is 0. The first-order chi connectivity index (χ1) is 5.74. The van der Waals surface area contributed by atoms with E-state index in [0.717, 1.165) is 19.4 Å². The summed E-state index contributed by atoms with van der Waals surface area (Å²) in [4.78, 5) is 10.8. The van der Waals surface area contributed by atoms with Gasteiger partial charge in [0.15, 0.2) is 0 Å². The fourth-order valence-electron chi connectivity index (χ4n) is 1.27. The molecule has 2 atom stereocenters. The van der Waals surface area contributed by atoms with Gasteiger partial charge in [0.05, 0.1) is 11.3 Å². The van der Waals surface area contributed by atoms with Crippen molar-refractivity contribution >= 4 is 27.5 Å². The van der Waals surface area contributed by atoms with Gasteiger partial charge in [-0.3, -0.25) is 4.79 Å². The number of carbonyl (C=O) groups excluding carboxylic acids is 1. The van der Waals surface area contributed by atoms with E-state index in [9.17, 15) is 4.79 Å². The number of carbonyl (C=O) groups is 1. The normalized spacial score (nSPS) is 30.1. The van der Waals surface area contributed by atoms with Crippen molar-refractivity contribution in [3.63, 3.8) is 0 Å². The quantitative estimate of drug-likeness (QED) is 0.671. The molecule has 0 radical (unpaired) electrons. The van der Waals surface area contributed by atoms with E-state index < -0.39 is 0 Å². The molecule has 1 fully saturated rings. The summed E-state index contributed by atoms with van der Waals surface area (Å²) in [7, 11) is 3.58. The molecule has 1 saturated heterocycles. The van der Waals surface area contributed by atoms with Crippen molar-refractivity contribution in [1.82, 2.24) is 5.32 Å². The molecule has 12 heavy (non-hydrogen) atoms. The van der Waals surface area contributed by atoms with Gasteiger partial charge in [-0.1, -0.05) is 21.6 Å². The fourth-order valence-corrected chi connectivity index (χ4v) is 3.09. The highest BCUT2D eigenvalue weighted by Gasteiger charge is 2.23. The monoisotopic (exact) mass is 206 g/mol. The highest BCUT2D eigenvalue weighted by Crippen LogP contribution is 2.28. The first-order valence-corrected chi connectivity index (χ1v) is 6.58. The largest absolute Gasteiger partial charge is 0.369 e. The zero-order valence-electron chi connectivity index (χ0n) is 7.08. The van der Waals surface area contributed by atoms with Gasteiger partial charge >= 0.3 is 0 Å². The number of primary amides is 1. The van der Waals surface area contributed by atoms with Crippen LogP contribution in [-0.2, 0) is 4.79 Å². The average molecular weight is 206 g/mol. The van der Waals surface area contributed by atoms with Crippen molar-refractivity contribution in [2.24, 2.45) is 11.7 Å². The van der Waals surface area contributed by atoms with Gasteiger partial charge in [0.2, 0.25) is 5.91 Å². The lowest BCUT2D eigenvalue weighted by Gasteiger charge is -2.26. The summed E-state index contributed by atoms with van der Waals surface area (Å²) in [6, 6.07) is 0. The lowest BCUT2D eigenvalue weighted by atomic mass is 9.99. The van der Waals surface area contributed by atoms with Crippen molar-refractivity contribution in [3.05, 3.63) is 0 Å². The minimum atomic E-state index is -0.171. The van der Waals surface area contributed by atoms with E-state index in [4.69, 9.17) is 5.73 Å². The Morgan fingerprint density at radius 3 is 2.75 bits per heavy atom. The van der Waals surface area contributed by atoms with E-state index in [1.807, 2.05) is 10.8 Å². The van der Waals surface area contributed by atoms with Crippen LogP contribution < -0.4 is 11.1 Å². The molecule has 0 bridgehead atoms. The maximum atomic E-state index is 10.8. The minimum Gasteiger partial charge on any atom is -0.369 e.